The molecule has 0 fully saturated rings. The molecule has 1 aliphatic rings. The quantitative estimate of drug-likeness (QED) is 0.810. The minimum atomic E-state index is -0.719. The van der Waals surface area contributed by atoms with Gasteiger partial charge in [0.15, 0.2) is 6.10 Å². The molecule has 3 amide bonds. The summed E-state index contributed by atoms with van der Waals surface area (Å²) in [6.07, 6.45) is -0.719. The van der Waals surface area contributed by atoms with Gasteiger partial charge < -0.3 is 10.1 Å². The van der Waals surface area contributed by atoms with Gasteiger partial charge in [-0.25, -0.2) is 0 Å². The summed E-state index contributed by atoms with van der Waals surface area (Å²) in [5.41, 5.74) is 2.19. The van der Waals surface area contributed by atoms with Gasteiger partial charge in [0.2, 0.25) is 0 Å². The first-order valence-corrected chi connectivity index (χ1v) is 8.42. The Bertz CT molecular complexity index is 872. The van der Waals surface area contributed by atoms with Crippen molar-refractivity contribution in [2.45, 2.75) is 32.8 Å². The molecule has 2 N–H and O–H groups in total. The first-order valence-electron chi connectivity index (χ1n) is 8.42. The summed E-state index contributed by atoms with van der Waals surface area (Å²) in [5, 5.41) is 4.92. The van der Waals surface area contributed by atoms with Crippen molar-refractivity contribution in [2.24, 2.45) is 0 Å². The lowest BCUT2D eigenvalue weighted by molar-refractivity contribution is -0.122. The van der Waals surface area contributed by atoms with Gasteiger partial charge in [0.25, 0.3) is 17.7 Å². The van der Waals surface area contributed by atoms with Crippen molar-refractivity contribution in [2.75, 3.05) is 5.32 Å². The maximum atomic E-state index is 12.3. The summed E-state index contributed by atoms with van der Waals surface area (Å²) >= 11 is 0. The second-order valence-electron chi connectivity index (χ2n) is 6.52. The zero-order chi connectivity index (χ0) is 18.8. The van der Waals surface area contributed by atoms with Gasteiger partial charge in [-0.3, -0.25) is 19.7 Å². The summed E-state index contributed by atoms with van der Waals surface area (Å²) in [4.78, 5) is 35.6. The molecule has 1 heterocycles. The van der Waals surface area contributed by atoms with Gasteiger partial charge in [-0.2, -0.15) is 0 Å². The Morgan fingerprint density at radius 3 is 2.27 bits per heavy atom. The van der Waals surface area contributed by atoms with Crippen LogP contribution in [0.2, 0.25) is 0 Å². The molecule has 1 atom stereocenters. The Morgan fingerprint density at radius 2 is 1.62 bits per heavy atom. The number of nitrogens with one attached hydrogen (secondary N) is 2. The number of hydrogen-bond acceptors (Lipinski definition) is 4. The molecular weight excluding hydrogens is 332 g/mol. The summed E-state index contributed by atoms with van der Waals surface area (Å²) in [6.45, 7) is 5.86. The number of carbonyl (C=O) groups excluding carboxylic acids is 3. The van der Waals surface area contributed by atoms with Gasteiger partial charge in [0.05, 0.1) is 11.1 Å². The molecule has 0 saturated heterocycles. The Morgan fingerprint density at radius 1 is 0.962 bits per heavy atom. The van der Waals surface area contributed by atoms with Crippen molar-refractivity contribution in [3.63, 3.8) is 0 Å². The second-order valence-corrected chi connectivity index (χ2v) is 6.52. The molecule has 26 heavy (non-hydrogen) atoms. The Kier molecular flexibility index (Phi) is 4.75. The van der Waals surface area contributed by atoms with Crippen LogP contribution >= 0.6 is 0 Å². The van der Waals surface area contributed by atoms with Crippen LogP contribution < -0.4 is 15.4 Å². The summed E-state index contributed by atoms with van der Waals surface area (Å²) in [6, 6.07) is 12.2. The van der Waals surface area contributed by atoms with Crippen molar-refractivity contribution >= 4 is 23.4 Å². The summed E-state index contributed by atoms with van der Waals surface area (Å²) < 4.78 is 5.67. The van der Waals surface area contributed by atoms with E-state index < -0.39 is 17.9 Å². The zero-order valence-electron chi connectivity index (χ0n) is 14.8. The van der Waals surface area contributed by atoms with E-state index in [1.54, 1.807) is 13.0 Å². The lowest BCUT2D eigenvalue weighted by atomic mass is 10.0. The molecule has 1 unspecified atom stereocenters. The summed E-state index contributed by atoms with van der Waals surface area (Å²) in [7, 11) is 0. The summed E-state index contributed by atoms with van der Waals surface area (Å²) in [5.74, 6) is -0.202. The molecule has 3 rings (SSSR count). The third-order valence-electron chi connectivity index (χ3n) is 4.23. The van der Waals surface area contributed by atoms with Crippen molar-refractivity contribution in [3.05, 3.63) is 59.2 Å². The van der Waals surface area contributed by atoms with Crippen LogP contribution in [0.25, 0.3) is 0 Å². The van der Waals surface area contributed by atoms with Crippen LogP contribution in [0.15, 0.2) is 42.5 Å². The third kappa shape index (κ3) is 3.59. The highest BCUT2D eigenvalue weighted by molar-refractivity contribution is 6.22. The van der Waals surface area contributed by atoms with E-state index in [0.29, 0.717) is 22.9 Å². The first kappa shape index (κ1) is 17.7. The van der Waals surface area contributed by atoms with Crippen molar-refractivity contribution < 1.29 is 19.1 Å². The zero-order valence-corrected chi connectivity index (χ0v) is 14.8. The predicted molar refractivity (Wildman–Crippen MR) is 97.5 cm³/mol. The highest BCUT2D eigenvalue weighted by Crippen LogP contribution is 2.22. The topological polar surface area (TPSA) is 84.5 Å². The SMILES string of the molecule is CC(Oc1ccc(C(C)C)cc1)C(=O)Nc1ccc2c(c1)C(=O)NC2=O. The first-order chi connectivity index (χ1) is 12.3. The average molecular weight is 352 g/mol. The monoisotopic (exact) mass is 352 g/mol. The smallest absolute Gasteiger partial charge is 0.265 e. The van der Waals surface area contributed by atoms with Crippen LogP contribution in [0.1, 0.15) is 53.0 Å². The Balaban J connectivity index is 1.65. The fourth-order valence-electron chi connectivity index (χ4n) is 2.68. The fourth-order valence-corrected chi connectivity index (χ4v) is 2.68. The molecule has 6 nitrogen and oxygen atoms in total. The number of amides is 3. The fraction of sp³-hybridized carbons (Fsp3) is 0.250. The molecule has 0 bridgehead atoms. The maximum absolute atomic E-state index is 12.3. The number of fused-ring (bicyclic) bond motifs is 1. The number of carbonyl (C=O) groups is 3. The lowest BCUT2D eigenvalue weighted by Gasteiger charge is -2.15. The van der Waals surface area contributed by atoms with E-state index in [0.717, 1.165) is 0 Å². The van der Waals surface area contributed by atoms with E-state index in [9.17, 15) is 14.4 Å². The molecule has 2 aromatic rings. The van der Waals surface area contributed by atoms with Crippen LogP contribution in [0.5, 0.6) is 5.75 Å². The molecule has 1 aliphatic heterocycles. The van der Waals surface area contributed by atoms with Gasteiger partial charge in [-0.05, 0) is 48.7 Å². The second kappa shape index (κ2) is 7.00. The van der Waals surface area contributed by atoms with Crippen LogP contribution in [-0.4, -0.2) is 23.8 Å². The van der Waals surface area contributed by atoms with E-state index in [1.807, 2.05) is 24.3 Å². The van der Waals surface area contributed by atoms with Crippen LogP contribution in [0.4, 0.5) is 5.69 Å². The minimum absolute atomic E-state index is 0.255. The lowest BCUT2D eigenvalue weighted by Crippen LogP contribution is -2.30. The molecular formula is C20H20N2O4. The van der Waals surface area contributed by atoms with Gasteiger partial charge in [-0.1, -0.05) is 26.0 Å². The number of ether oxygens (including phenoxy) is 1. The molecule has 0 aromatic heterocycles. The molecule has 0 aliphatic carbocycles. The van der Waals surface area contributed by atoms with Crippen molar-refractivity contribution in [3.8, 4) is 5.75 Å². The predicted octanol–water partition coefficient (Wildman–Crippen LogP) is 3.10. The van der Waals surface area contributed by atoms with Gasteiger partial charge in [0, 0.05) is 5.69 Å². The van der Waals surface area contributed by atoms with Gasteiger partial charge in [-0.15, -0.1) is 0 Å². The standard InChI is InChI=1S/C20H20N2O4/c1-11(2)13-4-7-15(8-5-13)26-12(3)18(23)21-14-6-9-16-17(10-14)20(25)22-19(16)24/h4-12H,1-3H3,(H,21,23)(H,22,24,25). The third-order valence-corrected chi connectivity index (χ3v) is 4.23. The van der Waals surface area contributed by atoms with Crippen LogP contribution in [0.3, 0.4) is 0 Å². The number of imide groups is 1. The van der Waals surface area contributed by atoms with E-state index in [2.05, 4.69) is 24.5 Å². The molecule has 6 heteroatoms. The number of anilines is 1. The maximum Gasteiger partial charge on any atom is 0.265 e. The number of rotatable bonds is 5. The van der Waals surface area contributed by atoms with Crippen LogP contribution in [-0.2, 0) is 4.79 Å². The van der Waals surface area contributed by atoms with Crippen LogP contribution in [0, 0.1) is 0 Å². The van der Waals surface area contributed by atoms with E-state index in [4.69, 9.17) is 4.74 Å². The highest BCUT2D eigenvalue weighted by atomic mass is 16.5. The largest absolute Gasteiger partial charge is 0.481 e. The highest BCUT2D eigenvalue weighted by Gasteiger charge is 2.27. The average Bonchev–Trinajstić information content (AvgIpc) is 2.89. The Labute approximate surface area is 151 Å². The molecule has 2 aromatic carbocycles. The van der Waals surface area contributed by atoms with Gasteiger partial charge in [0.1, 0.15) is 5.75 Å². The van der Waals surface area contributed by atoms with Crippen molar-refractivity contribution in [1.29, 1.82) is 0 Å². The van der Waals surface area contributed by atoms with Gasteiger partial charge >= 0.3 is 0 Å². The van der Waals surface area contributed by atoms with E-state index in [-0.39, 0.29) is 11.5 Å². The normalized spacial score (nSPS) is 14.0. The molecule has 0 saturated carbocycles. The Hall–Kier alpha value is -3.15. The number of benzene rings is 2. The molecule has 0 spiro atoms. The molecule has 134 valence electrons. The van der Waals surface area contributed by atoms with E-state index in [1.165, 1.54) is 17.7 Å². The van der Waals surface area contributed by atoms with Crippen molar-refractivity contribution in [1.82, 2.24) is 5.32 Å². The minimum Gasteiger partial charge on any atom is -0.481 e. The molecule has 0 radical (unpaired) electrons. The number of hydrogen-bond donors (Lipinski definition) is 2. The van der Waals surface area contributed by atoms with E-state index >= 15 is 0 Å².